The van der Waals surface area contributed by atoms with Gasteiger partial charge in [0.05, 0.1) is 16.9 Å². The Kier molecular flexibility index (Phi) is 6.26. The lowest BCUT2D eigenvalue weighted by atomic mass is 10.0. The average molecular weight is 478 g/mol. The fraction of sp³-hybridized carbons (Fsp3) is 0.217. The molecule has 0 unspecified atom stereocenters. The van der Waals surface area contributed by atoms with Crippen LogP contribution in [0.3, 0.4) is 0 Å². The van der Waals surface area contributed by atoms with Gasteiger partial charge in [-0.2, -0.15) is 13.2 Å². The van der Waals surface area contributed by atoms with Crippen molar-refractivity contribution >= 4 is 57.0 Å². The number of benzene rings is 3. The largest absolute Gasteiger partial charge is 0.416 e. The Hall–Kier alpha value is -2.84. The molecule has 1 aliphatic rings. The highest BCUT2D eigenvalue weighted by Gasteiger charge is 2.32. The van der Waals surface area contributed by atoms with Crippen molar-refractivity contribution in [2.75, 3.05) is 23.3 Å². The number of nitrogens with zero attached hydrogens (tertiary/aromatic N) is 1. The van der Waals surface area contributed by atoms with Gasteiger partial charge in [0.25, 0.3) is 5.91 Å². The number of nitrogens with one attached hydrogen (secondary N) is 2. The normalized spacial score (nSPS) is 13.9. The van der Waals surface area contributed by atoms with E-state index >= 15 is 0 Å². The zero-order valence-corrected chi connectivity index (χ0v) is 18.4. The predicted molar refractivity (Wildman–Crippen MR) is 126 cm³/mol. The zero-order valence-electron chi connectivity index (χ0n) is 16.8. The lowest BCUT2D eigenvalue weighted by molar-refractivity contribution is -0.137. The maximum atomic E-state index is 13.3. The number of fused-ring (bicyclic) bond motifs is 1. The monoisotopic (exact) mass is 477 g/mol. The van der Waals surface area contributed by atoms with Crippen LogP contribution in [0.5, 0.6) is 0 Å². The van der Waals surface area contributed by atoms with E-state index < -0.39 is 17.6 Å². The molecule has 3 aromatic rings. The van der Waals surface area contributed by atoms with E-state index in [1.165, 1.54) is 6.07 Å². The van der Waals surface area contributed by atoms with Crippen molar-refractivity contribution in [3.8, 4) is 0 Å². The van der Waals surface area contributed by atoms with Gasteiger partial charge in [0.1, 0.15) is 0 Å². The topological polar surface area (TPSA) is 44.4 Å². The molecule has 1 amide bonds. The highest BCUT2D eigenvalue weighted by atomic mass is 35.5. The molecule has 9 heteroatoms. The number of amides is 1. The molecule has 1 fully saturated rings. The van der Waals surface area contributed by atoms with Gasteiger partial charge >= 0.3 is 6.18 Å². The second kappa shape index (κ2) is 8.96. The van der Waals surface area contributed by atoms with E-state index in [0.29, 0.717) is 21.7 Å². The summed E-state index contributed by atoms with van der Waals surface area (Å²) in [6.45, 7) is 1.49. The molecule has 0 bridgehead atoms. The minimum atomic E-state index is -4.49. The SMILES string of the molecule is O=C(NC(=S)Nc1cc(C(F)(F)F)ccc1N1CCCC1)c1cccc2c(Cl)cccc12. The fourth-order valence-corrected chi connectivity index (χ4v) is 4.28. The third kappa shape index (κ3) is 4.66. The van der Waals surface area contributed by atoms with E-state index in [2.05, 4.69) is 10.6 Å². The summed E-state index contributed by atoms with van der Waals surface area (Å²) in [5, 5.41) is 7.15. The van der Waals surface area contributed by atoms with Crippen molar-refractivity contribution in [3.05, 3.63) is 70.7 Å². The number of hydrogen-bond donors (Lipinski definition) is 2. The fourth-order valence-electron chi connectivity index (χ4n) is 3.84. The molecule has 3 aromatic carbocycles. The molecule has 166 valence electrons. The summed E-state index contributed by atoms with van der Waals surface area (Å²) in [7, 11) is 0. The van der Waals surface area contributed by atoms with Gasteiger partial charge in [0.2, 0.25) is 0 Å². The summed E-state index contributed by atoms with van der Waals surface area (Å²) >= 11 is 11.5. The van der Waals surface area contributed by atoms with Crippen LogP contribution in [0.25, 0.3) is 10.8 Å². The van der Waals surface area contributed by atoms with Crippen LogP contribution >= 0.6 is 23.8 Å². The number of rotatable bonds is 3. The van der Waals surface area contributed by atoms with Crippen LogP contribution in [0.4, 0.5) is 24.5 Å². The first-order valence-electron chi connectivity index (χ1n) is 10.00. The second-order valence-electron chi connectivity index (χ2n) is 7.47. The Morgan fingerprint density at radius 3 is 2.41 bits per heavy atom. The molecule has 32 heavy (non-hydrogen) atoms. The number of carbonyl (C=O) groups is 1. The quantitative estimate of drug-likeness (QED) is 0.438. The third-order valence-electron chi connectivity index (χ3n) is 5.36. The molecule has 4 nitrogen and oxygen atoms in total. The number of thiocarbonyl (C=S) groups is 1. The first-order valence-corrected chi connectivity index (χ1v) is 10.8. The van der Waals surface area contributed by atoms with E-state index in [1.54, 1.807) is 36.4 Å². The summed E-state index contributed by atoms with van der Waals surface area (Å²) in [6.07, 6.45) is -2.57. The van der Waals surface area contributed by atoms with Gasteiger partial charge in [-0.05, 0) is 60.8 Å². The van der Waals surface area contributed by atoms with E-state index in [4.69, 9.17) is 23.8 Å². The first kappa shape index (κ1) is 22.4. The van der Waals surface area contributed by atoms with Gasteiger partial charge in [-0.3, -0.25) is 10.1 Å². The van der Waals surface area contributed by atoms with Gasteiger partial charge in [0.15, 0.2) is 5.11 Å². The Bertz CT molecular complexity index is 1190. The summed E-state index contributed by atoms with van der Waals surface area (Å²) < 4.78 is 39.8. The van der Waals surface area contributed by atoms with Crippen molar-refractivity contribution in [2.24, 2.45) is 0 Å². The predicted octanol–water partition coefficient (Wildman–Crippen LogP) is 6.24. The van der Waals surface area contributed by atoms with Gasteiger partial charge in [-0.1, -0.05) is 35.9 Å². The molecule has 4 rings (SSSR count). The van der Waals surface area contributed by atoms with Crippen LogP contribution < -0.4 is 15.5 Å². The molecular formula is C23H19ClF3N3OS. The average Bonchev–Trinajstić information content (AvgIpc) is 3.27. The van der Waals surface area contributed by atoms with Crippen molar-refractivity contribution in [1.82, 2.24) is 5.32 Å². The zero-order chi connectivity index (χ0) is 22.9. The molecule has 0 aromatic heterocycles. The third-order valence-corrected chi connectivity index (χ3v) is 5.89. The Morgan fingerprint density at radius 1 is 1.00 bits per heavy atom. The van der Waals surface area contributed by atoms with Crippen molar-refractivity contribution < 1.29 is 18.0 Å². The lowest BCUT2D eigenvalue weighted by Crippen LogP contribution is -2.35. The minimum Gasteiger partial charge on any atom is -0.370 e. The second-order valence-corrected chi connectivity index (χ2v) is 8.29. The van der Waals surface area contributed by atoms with E-state index in [-0.39, 0.29) is 10.8 Å². The highest BCUT2D eigenvalue weighted by Crippen LogP contribution is 2.36. The number of hydrogen-bond acceptors (Lipinski definition) is 3. The molecule has 1 heterocycles. The van der Waals surface area contributed by atoms with Crippen LogP contribution in [-0.2, 0) is 6.18 Å². The summed E-state index contributed by atoms with van der Waals surface area (Å²) in [4.78, 5) is 14.9. The van der Waals surface area contributed by atoms with Crippen LogP contribution in [0, 0.1) is 0 Å². The van der Waals surface area contributed by atoms with Crippen molar-refractivity contribution in [3.63, 3.8) is 0 Å². The van der Waals surface area contributed by atoms with Crippen molar-refractivity contribution in [2.45, 2.75) is 19.0 Å². The Balaban J connectivity index is 1.59. The number of halogens is 4. The first-order chi connectivity index (χ1) is 15.2. The summed E-state index contributed by atoms with van der Waals surface area (Å²) in [5.41, 5.74) is 0.385. The van der Waals surface area contributed by atoms with E-state index in [0.717, 1.165) is 43.5 Å². The molecule has 1 saturated heterocycles. The van der Waals surface area contributed by atoms with Crippen LogP contribution in [-0.4, -0.2) is 24.1 Å². The molecule has 0 spiro atoms. The molecule has 0 saturated carbocycles. The Labute approximate surface area is 193 Å². The van der Waals surface area contributed by atoms with Crippen LogP contribution in [0.1, 0.15) is 28.8 Å². The number of carbonyl (C=O) groups excluding carboxylic acids is 1. The molecule has 0 aliphatic carbocycles. The standard InChI is InChI=1S/C23H19ClF3N3OS/c24-18-8-4-5-15-16(18)6-3-7-17(15)21(31)29-22(32)28-19-13-14(23(25,26)27)9-10-20(19)30-11-1-2-12-30/h3-10,13H,1-2,11-12H2,(H2,28,29,31,32). The lowest BCUT2D eigenvalue weighted by Gasteiger charge is -2.23. The molecule has 2 N–H and O–H groups in total. The Morgan fingerprint density at radius 2 is 1.69 bits per heavy atom. The number of alkyl halides is 3. The van der Waals surface area contributed by atoms with E-state index in [9.17, 15) is 18.0 Å². The van der Waals surface area contributed by atoms with Crippen LogP contribution in [0.15, 0.2) is 54.6 Å². The number of anilines is 2. The molecular weight excluding hydrogens is 459 g/mol. The van der Waals surface area contributed by atoms with Crippen molar-refractivity contribution in [1.29, 1.82) is 0 Å². The molecule has 0 radical (unpaired) electrons. The van der Waals surface area contributed by atoms with Gasteiger partial charge in [-0.15, -0.1) is 0 Å². The van der Waals surface area contributed by atoms with Gasteiger partial charge in [0, 0.05) is 29.1 Å². The smallest absolute Gasteiger partial charge is 0.370 e. The molecule has 0 atom stereocenters. The maximum Gasteiger partial charge on any atom is 0.416 e. The summed E-state index contributed by atoms with van der Waals surface area (Å²) in [6, 6.07) is 13.9. The summed E-state index contributed by atoms with van der Waals surface area (Å²) in [5.74, 6) is -0.481. The van der Waals surface area contributed by atoms with E-state index in [1.807, 2.05) is 4.90 Å². The van der Waals surface area contributed by atoms with Gasteiger partial charge < -0.3 is 10.2 Å². The minimum absolute atomic E-state index is 0.0891. The van der Waals surface area contributed by atoms with Crippen LogP contribution in [0.2, 0.25) is 5.02 Å². The highest BCUT2D eigenvalue weighted by molar-refractivity contribution is 7.80. The van der Waals surface area contributed by atoms with Gasteiger partial charge in [-0.25, -0.2) is 0 Å². The molecule has 1 aliphatic heterocycles. The maximum absolute atomic E-state index is 13.3.